The lowest BCUT2D eigenvalue weighted by atomic mass is 10.2. The van der Waals surface area contributed by atoms with Crippen molar-refractivity contribution in [1.29, 1.82) is 0 Å². The summed E-state index contributed by atoms with van der Waals surface area (Å²) in [6.07, 6.45) is 5.02. The lowest BCUT2D eigenvalue weighted by Crippen LogP contribution is -2.22. The number of nitrogens with one attached hydrogen (secondary N) is 1. The van der Waals surface area contributed by atoms with Crippen molar-refractivity contribution in [2.45, 2.75) is 13.0 Å². The summed E-state index contributed by atoms with van der Waals surface area (Å²) >= 11 is 1.82. The largest absolute Gasteiger partial charge is 0.330 e. The van der Waals surface area contributed by atoms with Gasteiger partial charge in [-0.25, -0.2) is 4.98 Å². The van der Waals surface area contributed by atoms with E-state index in [0.717, 1.165) is 31.9 Å². The van der Waals surface area contributed by atoms with Crippen LogP contribution in [0.4, 0.5) is 0 Å². The maximum Gasteiger partial charge on any atom is 0.139 e. The number of imidazole rings is 1. The highest BCUT2D eigenvalue weighted by molar-refractivity contribution is 7.09. The maximum atomic E-state index is 4.46. The van der Waals surface area contributed by atoms with Crippen LogP contribution in [-0.2, 0) is 13.0 Å². The van der Waals surface area contributed by atoms with Crippen molar-refractivity contribution in [3.05, 3.63) is 65.1 Å². The van der Waals surface area contributed by atoms with Crippen molar-refractivity contribution < 1.29 is 0 Å². The summed E-state index contributed by atoms with van der Waals surface area (Å²) in [5.41, 5.74) is 1.17. The minimum Gasteiger partial charge on any atom is -0.330 e. The number of rotatable bonds is 7. The molecule has 0 saturated carbocycles. The molecule has 0 atom stereocenters. The first kappa shape index (κ1) is 14.0. The molecule has 0 unspecified atom stereocenters. The second-order valence-electron chi connectivity index (χ2n) is 4.89. The van der Waals surface area contributed by atoms with Crippen molar-refractivity contribution in [2.24, 2.45) is 0 Å². The van der Waals surface area contributed by atoms with Gasteiger partial charge in [0, 0.05) is 42.5 Å². The van der Waals surface area contributed by atoms with Gasteiger partial charge in [0.25, 0.3) is 0 Å². The van der Waals surface area contributed by atoms with Crippen LogP contribution in [0.25, 0.3) is 11.4 Å². The molecule has 2 heterocycles. The molecule has 0 fully saturated rings. The molecule has 1 N–H and O–H groups in total. The average molecular weight is 297 g/mol. The van der Waals surface area contributed by atoms with E-state index in [1.807, 2.05) is 41.9 Å². The third kappa shape index (κ3) is 3.80. The smallest absolute Gasteiger partial charge is 0.139 e. The Bertz CT molecular complexity index is 644. The molecule has 0 amide bonds. The Labute approximate surface area is 129 Å². The zero-order chi connectivity index (χ0) is 14.3. The molecule has 1 aromatic carbocycles. The molecule has 4 heteroatoms. The van der Waals surface area contributed by atoms with E-state index in [0.29, 0.717) is 0 Å². The zero-order valence-corrected chi connectivity index (χ0v) is 12.7. The molecular weight excluding hydrogens is 278 g/mol. The van der Waals surface area contributed by atoms with E-state index < -0.39 is 0 Å². The predicted octanol–water partition coefficient (Wildman–Crippen LogP) is 3.44. The molecule has 0 radical (unpaired) electrons. The van der Waals surface area contributed by atoms with Crippen LogP contribution < -0.4 is 5.32 Å². The van der Waals surface area contributed by atoms with Crippen molar-refractivity contribution in [2.75, 3.05) is 13.1 Å². The van der Waals surface area contributed by atoms with Gasteiger partial charge in [-0.05, 0) is 17.9 Å². The average Bonchev–Trinajstić information content (AvgIpc) is 3.19. The van der Waals surface area contributed by atoms with E-state index in [1.165, 1.54) is 10.4 Å². The van der Waals surface area contributed by atoms with E-state index in [1.54, 1.807) is 0 Å². The summed E-state index contributed by atoms with van der Waals surface area (Å²) < 4.78 is 2.20. The van der Waals surface area contributed by atoms with E-state index in [-0.39, 0.29) is 0 Å². The lowest BCUT2D eigenvalue weighted by molar-refractivity contribution is 0.603. The number of hydrogen-bond donors (Lipinski definition) is 1. The van der Waals surface area contributed by atoms with Gasteiger partial charge in [-0.3, -0.25) is 0 Å². The van der Waals surface area contributed by atoms with Crippen LogP contribution in [0.3, 0.4) is 0 Å². The van der Waals surface area contributed by atoms with E-state index in [2.05, 4.69) is 44.5 Å². The summed E-state index contributed by atoms with van der Waals surface area (Å²) in [5.74, 6) is 1.04. The quantitative estimate of drug-likeness (QED) is 0.677. The Morgan fingerprint density at radius 2 is 1.95 bits per heavy atom. The van der Waals surface area contributed by atoms with Gasteiger partial charge in [0.05, 0.1) is 0 Å². The van der Waals surface area contributed by atoms with Gasteiger partial charge in [-0.1, -0.05) is 36.4 Å². The van der Waals surface area contributed by atoms with E-state index >= 15 is 0 Å². The zero-order valence-electron chi connectivity index (χ0n) is 11.9. The lowest BCUT2D eigenvalue weighted by Gasteiger charge is -2.09. The SMILES string of the molecule is c1ccc(-c2nccn2CCNCCc2cccs2)cc1. The number of aromatic nitrogens is 2. The van der Waals surface area contributed by atoms with E-state index in [9.17, 15) is 0 Å². The highest BCUT2D eigenvalue weighted by atomic mass is 32.1. The first-order valence-electron chi connectivity index (χ1n) is 7.23. The normalized spacial score (nSPS) is 10.9. The Morgan fingerprint density at radius 3 is 2.76 bits per heavy atom. The number of thiophene rings is 1. The van der Waals surface area contributed by atoms with Crippen LogP contribution in [0.15, 0.2) is 60.2 Å². The van der Waals surface area contributed by atoms with Gasteiger partial charge >= 0.3 is 0 Å². The van der Waals surface area contributed by atoms with Gasteiger partial charge in [0.2, 0.25) is 0 Å². The van der Waals surface area contributed by atoms with Gasteiger partial charge < -0.3 is 9.88 Å². The molecular formula is C17H19N3S. The number of nitrogens with zero attached hydrogens (tertiary/aromatic N) is 2. The number of benzene rings is 1. The maximum absolute atomic E-state index is 4.46. The van der Waals surface area contributed by atoms with Crippen LogP contribution in [0.1, 0.15) is 4.88 Å². The van der Waals surface area contributed by atoms with Crippen molar-refractivity contribution in [1.82, 2.24) is 14.9 Å². The van der Waals surface area contributed by atoms with Gasteiger partial charge in [-0.15, -0.1) is 11.3 Å². The number of hydrogen-bond acceptors (Lipinski definition) is 3. The monoisotopic (exact) mass is 297 g/mol. The predicted molar refractivity (Wildman–Crippen MR) is 88.6 cm³/mol. The van der Waals surface area contributed by atoms with E-state index in [4.69, 9.17) is 0 Å². The molecule has 2 aromatic heterocycles. The van der Waals surface area contributed by atoms with Crippen LogP contribution in [0.2, 0.25) is 0 Å². The molecule has 0 aliphatic heterocycles. The summed E-state index contributed by atoms with van der Waals surface area (Å²) in [6.45, 7) is 2.92. The molecule has 0 saturated heterocycles. The fourth-order valence-electron chi connectivity index (χ4n) is 2.33. The summed E-state index contributed by atoms with van der Waals surface area (Å²) in [7, 11) is 0. The molecule has 108 valence electrons. The van der Waals surface area contributed by atoms with Gasteiger partial charge in [0.15, 0.2) is 0 Å². The Kier molecular flexibility index (Phi) is 4.82. The minimum absolute atomic E-state index is 0.939. The van der Waals surface area contributed by atoms with Crippen LogP contribution in [0.5, 0.6) is 0 Å². The fourth-order valence-corrected chi connectivity index (χ4v) is 3.04. The van der Waals surface area contributed by atoms with Gasteiger partial charge in [0.1, 0.15) is 5.82 Å². The molecule has 0 aliphatic rings. The second-order valence-corrected chi connectivity index (χ2v) is 5.92. The van der Waals surface area contributed by atoms with Crippen molar-refractivity contribution in [3.8, 4) is 11.4 Å². The molecule has 0 spiro atoms. The van der Waals surface area contributed by atoms with Crippen LogP contribution in [0, 0.1) is 0 Å². The first-order chi connectivity index (χ1) is 10.4. The standard InChI is InChI=1S/C17H19N3S/c1-2-5-15(6-3-1)17-19-11-13-20(17)12-10-18-9-8-16-7-4-14-21-16/h1-7,11,13-14,18H,8-10,12H2. The third-order valence-corrected chi connectivity index (χ3v) is 4.34. The Balaban J connectivity index is 1.49. The molecule has 21 heavy (non-hydrogen) atoms. The third-order valence-electron chi connectivity index (χ3n) is 3.41. The van der Waals surface area contributed by atoms with Crippen LogP contribution in [-0.4, -0.2) is 22.6 Å². The fraction of sp³-hybridized carbons (Fsp3) is 0.235. The molecule has 3 nitrogen and oxygen atoms in total. The van der Waals surface area contributed by atoms with Gasteiger partial charge in [-0.2, -0.15) is 0 Å². The van der Waals surface area contributed by atoms with Crippen molar-refractivity contribution in [3.63, 3.8) is 0 Å². The Hall–Kier alpha value is -1.91. The summed E-state index contributed by atoms with van der Waals surface area (Å²) in [4.78, 5) is 5.90. The molecule has 0 aliphatic carbocycles. The minimum atomic E-state index is 0.939. The Morgan fingerprint density at radius 1 is 1.05 bits per heavy atom. The highest BCUT2D eigenvalue weighted by Crippen LogP contribution is 2.16. The molecule has 0 bridgehead atoms. The van der Waals surface area contributed by atoms with Crippen LogP contribution >= 0.6 is 11.3 Å². The summed E-state index contributed by atoms with van der Waals surface area (Å²) in [5, 5.41) is 5.63. The molecule has 3 rings (SSSR count). The topological polar surface area (TPSA) is 29.9 Å². The molecule has 3 aromatic rings. The highest BCUT2D eigenvalue weighted by Gasteiger charge is 2.04. The summed E-state index contributed by atoms with van der Waals surface area (Å²) in [6, 6.07) is 14.6. The second kappa shape index (κ2) is 7.20. The van der Waals surface area contributed by atoms with Crippen molar-refractivity contribution >= 4 is 11.3 Å². The first-order valence-corrected chi connectivity index (χ1v) is 8.11.